The Balaban J connectivity index is 2.60. The van der Waals surface area contributed by atoms with Crippen molar-refractivity contribution in [3.63, 3.8) is 0 Å². The van der Waals surface area contributed by atoms with Crippen LogP contribution in [0.4, 0.5) is 5.95 Å². The summed E-state index contributed by atoms with van der Waals surface area (Å²) in [6, 6.07) is 5.77. The molecule has 3 aromatic rings. The topological polar surface area (TPSA) is 66.0 Å². The Hall–Kier alpha value is -2.30. The molecule has 2 heterocycles. The molecule has 0 amide bonds. The van der Waals surface area contributed by atoms with Gasteiger partial charge in [-0.25, -0.2) is 4.98 Å². The predicted molar refractivity (Wildman–Crippen MR) is 67.0 cm³/mol. The van der Waals surface area contributed by atoms with Gasteiger partial charge in [0.15, 0.2) is 0 Å². The average Bonchev–Trinajstić information content (AvgIpc) is 2.65. The second-order valence-corrected chi connectivity index (χ2v) is 3.88. The number of hydrogen-bond donors (Lipinski definition) is 1. The van der Waals surface area contributed by atoms with Crippen molar-refractivity contribution in [2.45, 2.75) is 0 Å². The van der Waals surface area contributed by atoms with Crippen LogP contribution in [0, 0.1) is 0 Å². The quantitative estimate of drug-likeness (QED) is 0.688. The molecule has 0 atom stereocenters. The number of ether oxygens (including phenoxy) is 1. The molecule has 86 valence electrons. The summed E-state index contributed by atoms with van der Waals surface area (Å²) in [6.07, 6.45) is 1.75. The van der Waals surface area contributed by atoms with E-state index in [4.69, 9.17) is 10.5 Å². The fraction of sp³-hybridized carbons (Fsp3) is 0.167. The van der Waals surface area contributed by atoms with Crippen LogP contribution in [0.15, 0.2) is 24.4 Å². The molecule has 0 aliphatic heterocycles. The third-order valence-electron chi connectivity index (χ3n) is 2.94. The molecule has 0 aliphatic carbocycles. The number of imidazole rings is 1. The highest BCUT2D eigenvalue weighted by Gasteiger charge is 2.14. The number of anilines is 1. The summed E-state index contributed by atoms with van der Waals surface area (Å²) in [6.45, 7) is 0. The van der Waals surface area contributed by atoms with Crippen molar-refractivity contribution in [1.29, 1.82) is 0 Å². The van der Waals surface area contributed by atoms with Crippen molar-refractivity contribution in [2.24, 2.45) is 7.05 Å². The first-order chi connectivity index (χ1) is 8.22. The smallest absolute Gasteiger partial charge is 0.201 e. The summed E-state index contributed by atoms with van der Waals surface area (Å²) in [5, 5.41) is 0.982. The Kier molecular flexibility index (Phi) is 1.95. The van der Waals surface area contributed by atoms with E-state index in [0.29, 0.717) is 5.95 Å². The van der Waals surface area contributed by atoms with Crippen molar-refractivity contribution in [2.75, 3.05) is 12.8 Å². The summed E-state index contributed by atoms with van der Waals surface area (Å²) < 4.78 is 7.19. The molecule has 3 rings (SSSR count). The van der Waals surface area contributed by atoms with Gasteiger partial charge in [-0.2, -0.15) is 0 Å². The molecule has 5 nitrogen and oxygen atoms in total. The highest BCUT2D eigenvalue weighted by atomic mass is 16.5. The van der Waals surface area contributed by atoms with E-state index in [1.54, 1.807) is 13.3 Å². The Morgan fingerprint density at radius 3 is 3.00 bits per heavy atom. The molecule has 17 heavy (non-hydrogen) atoms. The highest BCUT2D eigenvalue weighted by molar-refractivity contribution is 6.06. The average molecular weight is 228 g/mol. The van der Waals surface area contributed by atoms with Gasteiger partial charge in [0.05, 0.1) is 12.6 Å². The zero-order valence-electron chi connectivity index (χ0n) is 9.64. The van der Waals surface area contributed by atoms with Gasteiger partial charge in [-0.05, 0) is 12.1 Å². The van der Waals surface area contributed by atoms with Gasteiger partial charge in [0.25, 0.3) is 0 Å². The number of methoxy groups -OCH3 is 1. The number of nitrogens with two attached hydrogens (primary N) is 1. The SMILES string of the molecule is COc1cc2ncccc2c2nc(N)n(C)c12. The summed E-state index contributed by atoms with van der Waals surface area (Å²) in [7, 11) is 3.50. The lowest BCUT2D eigenvalue weighted by atomic mass is 10.1. The molecule has 0 unspecified atom stereocenters. The second kappa shape index (κ2) is 3.35. The van der Waals surface area contributed by atoms with Gasteiger partial charge in [0, 0.05) is 24.7 Å². The second-order valence-electron chi connectivity index (χ2n) is 3.88. The van der Waals surface area contributed by atoms with Crippen LogP contribution in [0.1, 0.15) is 0 Å². The van der Waals surface area contributed by atoms with Gasteiger partial charge in [0.2, 0.25) is 5.95 Å². The molecule has 1 aromatic carbocycles. The van der Waals surface area contributed by atoms with Gasteiger partial charge in [-0.1, -0.05) is 0 Å². The van der Waals surface area contributed by atoms with Crippen LogP contribution >= 0.6 is 0 Å². The van der Waals surface area contributed by atoms with Crippen LogP contribution in [0.3, 0.4) is 0 Å². The van der Waals surface area contributed by atoms with Crippen LogP contribution in [-0.2, 0) is 7.05 Å². The van der Waals surface area contributed by atoms with Gasteiger partial charge < -0.3 is 15.0 Å². The first kappa shape index (κ1) is 9.89. The fourth-order valence-electron chi connectivity index (χ4n) is 2.07. The van der Waals surface area contributed by atoms with E-state index in [1.165, 1.54) is 0 Å². The fourth-order valence-corrected chi connectivity index (χ4v) is 2.07. The number of nitrogens with zero attached hydrogens (tertiary/aromatic N) is 3. The first-order valence-electron chi connectivity index (χ1n) is 5.26. The Bertz CT molecular complexity index is 717. The minimum atomic E-state index is 0.467. The van der Waals surface area contributed by atoms with E-state index in [2.05, 4.69) is 9.97 Å². The number of rotatable bonds is 1. The minimum absolute atomic E-state index is 0.467. The molecule has 5 heteroatoms. The van der Waals surface area contributed by atoms with Gasteiger partial charge >= 0.3 is 0 Å². The van der Waals surface area contributed by atoms with E-state index in [-0.39, 0.29) is 0 Å². The molecule has 0 aliphatic rings. The maximum absolute atomic E-state index is 5.84. The van der Waals surface area contributed by atoms with E-state index >= 15 is 0 Å². The first-order valence-corrected chi connectivity index (χ1v) is 5.26. The number of aromatic nitrogens is 3. The molecule has 2 aromatic heterocycles. The van der Waals surface area contributed by atoms with Crippen LogP contribution in [0.5, 0.6) is 5.75 Å². The monoisotopic (exact) mass is 228 g/mol. The third-order valence-corrected chi connectivity index (χ3v) is 2.94. The molecule has 0 radical (unpaired) electrons. The van der Waals surface area contributed by atoms with Gasteiger partial charge in [-0.15, -0.1) is 0 Å². The summed E-state index contributed by atoms with van der Waals surface area (Å²) in [5.41, 5.74) is 8.42. The predicted octanol–water partition coefficient (Wildman–Crippen LogP) is 1.71. The number of nitrogen functional groups attached to an aromatic ring is 1. The van der Waals surface area contributed by atoms with Crippen molar-refractivity contribution in [3.8, 4) is 5.75 Å². The number of aryl methyl sites for hydroxylation is 1. The zero-order valence-corrected chi connectivity index (χ0v) is 9.64. The Morgan fingerprint density at radius 2 is 2.24 bits per heavy atom. The lowest BCUT2D eigenvalue weighted by molar-refractivity contribution is 0.418. The number of pyridine rings is 1. The molecule has 0 saturated carbocycles. The number of fused-ring (bicyclic) bond motifs is 3. The van der Waals surface area contributed by atoms with Gasteiger partial charge in [0.1, 0.15) is 16.8 Å². The maximum Gasteiger partial charge on any atom is 0.201 e. The van der Waals surface area contributed by atoms with Crippen molar-refractivity contribution in [1.82, 2.24) is 14.5 Å². The van der Waals surface area contributed by atoms with Gasteiger partial charge in [-0.3, -0.25) is 4.98 Å². The van der Waals surface area contributed by atoms with E-state index < -0.39 is 0 Å². The lowest BCUT2D eigenvalue weighted by Crippen LogP contribution is -1.97. The lowest BCUT2D eigenvalue weighted by Gasteiger charge is -2.06. The normalized spacial score (nSPS) is 11.2. The van der Waals surface area contributed by atoms with Crippen molar-refractivity contribution in [3.05, 3.63) is 24.4 Å². The summed E-state index contributed by atoms with van der Waals surface area (Å²) >= 11 is 0. The highest BCUT2D eigenvalue weighted by Crippen LogP contribution is 2.32. The molecule has 0 bridgehead atoms. The van der Waals surface area contributed by atoms with E-state index in [0.717, 1.165) is 27.7 Å². The van der Waals surface area contributed by atoms with E-state index in [9.17, 15) is 0 Å². The standard InChI is InChI=1S/C12H12N4O/c1-16-11-9(17-2)6-8-7(4-3-5-14-8)10(11)15-12(16)13/h3-6H,1-2H3,(H2,13,15). The zero-order chi connectivity index (χ0) is 12.0. The maximum atomic E-state index is 5.84. The third kappa shape index (κ3) is 1.25. The molecule has 0 fully saturated rings. The summed E-state index contributed by atoms with van der Waals surface area (Å²) in [5.74, 6) is 1.20. The van der Waals surface area contributed by atoms with Crippen LogP contribution in [0.2, 0.25) is 0 Å². The summed E-state index contributed by atoms with van der Waals surface area (Å²) in [4.78, 5) is 8.68. The molecule has 0 saturated heterocycles. The number of benzene rings is 1. The van der Waals surface area contributed by atoms with E-state index in [1.807, 2.05) is 29.8 Å². The molecule has 0 spiro atoms. The molecule has 2 N–H and O–H groups in total. The molecular formula is C12H12N4O. The molecular weight excluding hydrogens is 216 g/mol. The minimum Gasteiger partial charge on any atom is -0.494 e. The largest absolute Gasteiger partial charge is 0.494 e. The van der Waals surface area contributed by atoms with Crippen molar-refractivity contribution < 1.29 is 4.74 Å². The number of hydrogen-bond acceptors (Lipinski definition) is 4. The van der Waals surface area contributed by atoms with Crippen LogP contribution in [0.25, 0.3) is 21.9 Å². The Labute approximate surface area is 97.8 Å². The Morgan fingerprint density at radius 1 is 1.41 bits per heavy atom. The van der Waals surface area contributed by atoms with Crippen LogP contribution in [-0.4, -0.2) is 21.6 Å². The van der Waals surface area contributed by atoms with Crippen LogP contribution < -0.4 is 10.5 Å². The van der Waals surface area contributed by atoms with Crippen molar-refractivity contribution >= 4 is 27.9 Å².